The van der Waals surface area contributed by atoms with Crippen molar-refractivity contribution < 1.29 is 9.13 Å². The van der Waals surface area contributed by atoms with Gasteiger partial charge in [-0.3, -0.25) is 4.99 Å². The highest BCUT2D eigenvalue weighted by molar-refractivity contribution is 7.97. The number of nitrogens with zero attached hydrogens (tertiary/aromatic N) is 2. The van der Waals surface area contributed by atoms with Gasteiger partial charge >= 0.3 is 0 Å². The first-order valence-corrected chi connectivity index (χ1v) is 11.6. The third-order valence-electron chi connectivity index (χ3n) is 5.41. The number of rotatable bonds is 8. The van der Waals surface area contributed by atoms with Gasteiger partial charge in [-0.05, 0) is 54.0 Å². The molecule has 1 unspecified atom stereocenters. The molecule has 0 saturated carbocycles. The van der Waals surface area contributed by atoms with Crippen LogP contribution in [0.2, 0.25) is 0 Å². The van der Waals surface area contributed by atoms with Crippen LogP contribution in [0.1, 0.15) is 17.5 Å². The fraction of sp³-hybridized carbons (Fsp3) is 0.435. The second kappa shape index (κ2) is 11.1. The molecule has 0 bridgehead atoms. The number of ether oxygens (including phenoxy) is 1. The SMILES string of the molecule is CN=C(NCc1ccc(F)cc1CSC)NCC1CCN(c2ccccc2OC)C1. The standard InChI is InChI=1S/C23H31FN4OS/c1-25-23(27-14-18-8-9-20(24)12-19(18)16-30-3)26-13-17-10-11-28(15-17)21-6-4-5-7-22(21)29-2/h4-9,12,17H,10-11,13-16H2,1-3H3,(H2,25,26,27). The maximum absolute atomic E-state index is 13.6. The summed E-state index contributed by atoms with van der Waals surface area (Å²) < 4.78 is 19.1. The van der Waals surface area contributed by atoms with E-state index < -0.39 is 0 Å². The number of methoxy groups -OCH3 is 1. The van der Waals surface area contributed by atoms with Crippen molar-refractivity contribution in [1.82, 2.24) is 10.6 Å². The molecule has 0 radical (unpaired) electrons. The van der Waals surface area contributed by atoms with Gasteiger partial charge in [0.05, 0.1) is 12.8 Å². The summed E-state index contributed by atoms with van der Waals surface area (Å²) in [6, 6.07) is 13.2. The summed E-state index contributed by atoms with van der Waals surface area (Å²) >= 11 is 1.69. The van der Waals surface area contributed by atoms with E-state index in [1.165, 1.54) is 6.07 Å². The summed E-state index contributed by atoms with van der Waals surface area (Å²) in [7, 11) is 3.49. The van der Waals surface area contributed by atoms with Crippen LogP contribution < -0.4 is 20.3 Å². The van der Waals surface area contributed by atoms with Crippen LogP contribution in [0.3, 0.4) is 0 Å². The van der Waals surface area contributed by atoms with Gasteiger partial charge in [-0.15, -0.1) is 0 Å². The van der Waals surface area contributed by atoms with Crippen LogP contribution in [0.5, 0.6) is 5.75 Å². The Morgan fingerprint density at radius 2 is 2.07 bits per heavy atom. The summed E-state index contributed by atoms with van der Waals surface area (Å²) in [6.07, 6.45) is 3.15. The van der Waals surface area contributed by atoms with Crippen molar-refractivity contribution in [3.63, 3.8) is 0 Å². The highest BCUT2D eigenvalue weighted by Gasteiger charge is 2.24. The van der Waals surface area contributed by atoms with Crippen LogP contribution in [0, 0.1) is 11.7 Å². The molecule has 3 rings (SSSR count). The van der Waals surface area contributed by atoms with E-state index in [0.717, 1.165) is 60.3 Å². The zero-order chi connectivity index (χ0) is 21.3. The Bertz CT molecular complexity index is 861. The van der Waals surface area contributed by atoms with Crippen LogP contribution in [0.15, 0.2) is 47.5 Å². The molecule has 0 spiro atoms. The predicted molar refractivity (Wildman–Crippen MR) is 125 cm³/mol. The average Bonchev–Trinajstić information content (AvgIpc) is 3.24. The minimum absolute atomic E-state index is 0.189. The maximum Gasteiger partial charge on any atom is 0.191 e. The van der Waals surface area contributed by atoms with Crippen LogP contribution in [0.25, 0.3) is 0 Å². The largest absolute Gasteiger partial charge is 0.495 e. The molecule has 2 aromatic rings. The Labute approximate surface area is 183 Å². The lowest BCUT2D eigenvalue weighted by atomic mass is 10.1. The van der Waals surface area contributed by atoms with E-state index >= 15 is 0 Å². The van der Waals surface area contributed by atoms with Gasteiger partial charge < -0.3 is 20.3 Å². The number of benzene rings is 2. The van der Waals surface area contributed by atoms with Gasteiger partial charge in [-0.1, -0.05) is 18.2 Å². The van der Waals surface area contributed by atoms with Gasteiger partial charge in [0.15, 0.2) is 5.96 Å². The molecule has 30 heavy (non-hydrogen) atoms. The third-order valence-corrected chi connectivity index (χ3v) is 6.01. The summed E-state index contributed by atoms with van der Waals surface area (Å²) in [5.74, 6) is 2.83. The normalized spacial score (nSPS) is 16.6. The Hall–Kier alpha value is -2.41. The molecule has 5 nitrogen and oxygen atoms in total. The van der Waals surface area contributed by atoms with E-state index in [9.17, 15) is 4.39 Å². The van der Waals surface area contributed by atoms with E-state index in [2.05, 4.69) is 32.7 Å². The van der Waals surface area contributed by atoms with Crippen LogP contribution in [0.4, 0.5) is 10.1 Å². The first kappa shape index (κ1) is 22.3. The molecule has 1 fully saturated rings. The Morgan fingerprint density at radius 3 is 2.83 bits per heavy atom. The zero-order valence-electron chi connectivity index (χ0n) is 18.0. The summed E-state index contributed by atoms with van der Waals surface area (Å²) in [5.41, 5.74) is 3.27. The van der Waals surface area contributed by atoms with Gasteiger partial charge in [0.1, 0.15) is 11.6 Å². The minimum Gasteiger partial charge on any atom is -0.495 e. The van der Waals surface area contributed by atoms with Gasteiger partial charge in [-0.2, -0.15) is 11.8 Å². The number of thioether (sulfide) groups is 1. The molecule has 1 heterocycles. The second-order valence-electron chi connectivity index (χ2n) is 7.43. The van der Waals surface area contributed by atoms with Gasteiger partial charge in [0.25, 0.3) is 0 Å². The number of aliphatic imine (C=N–C) groups is 1. The van der Waals surface area contributed by atoms with E-state index in [1.807, 2.05) is 24.5 Å². The number of anilines is 1. The first-order chi connectivity index (χ1) is 14.6. The molecular formula is C23H31FN4OS. The lowest BCUT2D eigenvalue weighted by Gasteiger charge is -2.21. The monoisotopic (exact) mass is 430 g/mol. The number of nitrogens with one attached hydrogen (secondary N) is 2. The minimum atomic E-state index is -0.189. The number of halogens is 1. The molecule has 0 aromatic heterocycles. The van der Waals surface area contributed by atoms with Crippen molar-refractivity contribution >= 4 is 23.4 Å². The van der Waals surface area contributed by atoms with Crippen LogP contribution in [-0.4, -0.2) is 46.0 Å². The molecule has 0 amide bonds. The molecule has 2 aromatic carbocycles. The summed E-state index contributed by atoms with van der Waals surface area (Å²) in [6.45, 7) is 3.48. The Kier molecular flexibility index (Phi) is 8.25. The molecule has 1 atom stereocenters. The Morgan fingerprint density at radius 1 is 1.23 bits per heavy atom. The van der Waals surface area contributed by atoms with E-state index in [4.69, 9.17) is 4.74 Å². The van der Waals surface area contributed by atoms with Gasteiger partial charge in [-0.25, -0.2) is 4.39 Å². The molecule has 0 aliphatic carbocycles. The van der Waals surface area contributed by atoms with Crippen LogP contribution >= 0.6 is 11.8 Å². The number of hydrogen-bond donors (Lipinski definition) is 2. The quantitative estimate of drug-likeness (QED) is 0.492. The highest BCUT2D eigenvalue weighted by Crippen LogP contribution is 2.31. The molecule has 162 valence electrons. The molecule has 7 heteroatoms. The molecule has 1 aliphatic heterocycles. The highest BCUT2D eigenvalue weighted by atomic mass is 32.2. The smallest absolute Gasteiger partial charge is 0.191 e. The van der Waals surface area contributed by atoms with Crippen molar-refractivity contribution in [3.05, 3.63) is 59.4 Å². The van der Waals surface area contributed by atoms with Gasteiger partial charge in [0, 0.05) is 39.0 Å². The molecule has 1 aliphatic rings. The topological polar surface area (TPSA) is 48.9 Å². The van der Waals surface area contributed by atoms with Crippen LogP contribution in [-0.2, 0) is 12.3 Å². The molecule has 1 saturated heterocycles. The third kappa shape index (κ3) is 5.81. The zero-order valence-corrected chi connectivity index (χ0v) is 18.8. The van der Waals surface area contributed by atoms with Gasteiger partial charge in [0.2, 0.25) is 0 Å². The lowest BCUT2D eigenvalue weighted by Crippen LogP contribution is -2.40. The Balaban J connectivity index is 1.51. The summed E-state index contributed by atoms with van der Waals surface area (Å²) in [5, 5.41) is 6.81. The fourth-order valence-corrected chi connectivity index (χ4v) is 4.39. The number of guanidine groups is 1. The molecular weight excluding hydrogens is 399 g/mol. The maximum atomic E-state index is 13.6. The number of para-hydroxylation sites is 2. The number of hydrogen-bond acceptors (Lipinski definition) is 4. The van der Waals surface area contributed by atoms with Crippen molar-refractivity contribution in [1.29, 1.82) is 0 Å². The fourth-order valence-electron chi connectivity index (χ4n) is 3.81. The van der Waals surface area contributed by atoms with Crippen molar-refractivity contribution in [3.8, 4) is 5.75 Å². The predicted octanol–water partition coefficient (Wildman–Crippen LogP) is 3.89. The average molecular weight is 431 g/mol. The van der Waals surface area contributed by atoms with E-state index in [-0.39, 0.29) is 5.82 Å². The van der Waals surface area contributed by atoms with Crippen molar-refractivity contribution in [2.24, 2.45) is 10.9 Å². The second-order valence-corrected chi connectivity index (χ2v) is 8.29. The van der Waals surface area contributed by atoms with Crippen molar-refractivity contribution in [2.45, 2.75) is 18.7 Å². The van der Waals surface area contributed by atoms with Crippen molar-refractivity contribution in [2.75, 3.05) is 44.9 Å². The van der Waals surface area contributed by atoms with E-state index in [0.29, 0.717) is 12.5 Å². The molecule has 2 N–H and O–H groups in total. The lowest BCUT2D eigenvalue weighted by molar-refractivity contribution is 0.414. The first-order valence-electron chi connectivity index (χ1n) is 10.2. The summed E-state index contributed by atoms with van der Waals surface area (Å²) in [4.78, 5) is 6.73. The van der Waals surface area contributed by atoms with E-state index in [1.54, 1.807) is 32.0 Å².